The molecule has 0 saturated carbocycles. The molecule has 138 valence electrons. The van der Waals surface area contributed by atoms with Crippen molar-refractivity contribution in [1.29, 1.82) is 0 Å². The van der Waals surface area contributed by atoms with E-state index in [9.17, 15) is 0 Å². The molecule has 2 N–H and O–H groups in total. The number of hydrogen-bond acceptors (Lipinski definition) is 6. The quantitative estimate of drug-likeness (QED) is 0.750. The van der Waals surface area contributed by atoms with Gasteiger partial charge >= 0.3 is 0 Å². The minimum absolute atomic E-state index is 0.375. The number of rotatable bonds is 4. The number of piperidine rings is 1. The van der Waals surface area contributed by atoms with E-state index in [0.717, 1.165) is 42.3 Å². The Balaban J connectivity index is 0.000000948. The monoisotopic (exact) mass is 354 g/mol. The first-order chi connectivity index (χ1) is 12.8. The highest BCUT2D eigenvalue weighted by Gasteiger charge is 2.15. The Morgan fingerprint density at radius 2 is 2.15 bits per heavy atom. The van der Waals surface area contributed by atoms with Crippen LogP contribution in [0.15, 0.2) is 36.8 Å². The molecule has 1 aliphatic rings. The van der Waals surface area contributed by atoms with Gasteiger partial charge in [-0.2, -0.15) is 0 Å². The molecule has 4 rings (SSSR count). The minimum Gasteiger partial charge on any atom is -0.497 e. The molecule has 0 radical (unpaired) electrons. The standard InChI is InChI=1S/C17H20N6O.C2H6/c1-24-13-5-8-23-15(11-20-16(23)9-13)14-4-7-19-17(22-14)21-12-3-2-6-18-10-12;1-2/h4-5,7-9,11-12,18H,2-3,6,10H2,1H3,(H,19,21,22);1-2H3. The number of imidazole rings is 1. The molecular formula is C19H26N6O. The topological polar surface area (TPSA) is 76.4 Å². The Bertz CT molecular complexity index is 841. The largest absolute Gasteiger partial charge is 0.497 e. The first-order valence-electron chi connectivity index (χ1n) is 9.15. The lowest BCUT2D eigenvalue weighted by atomic mass is 10.1. The minimum atomic E-state index is 0.375. The van der Waals surface area contributed by atoms with Crippen LogP contribution in [0.4, 0.5) is 5.95 Å². The molecule has 1 saturated heterocycles. The summed E-state index contributed by atoms with van der Waals surface area (Å²) in [6, 6.07) is 6.09. The Labute approximate surface area is 153 Å². The van der Waals surface area contributed by atoms with Crippen LogP contribution >= 0.6 is 0 Å². The predicted molar refractivity (Wildman–Crippen MR) is 104 cm³/mol. The van der Waals surface area contributed by atoms with Crippen LogP contribution in [0, 0.1) is 0 Å². The Morgan fingerprint density at radius 1 is 1.27 bits per heavy atom. The summed E-state index contributed by atoms with van der Waals surface area (Å²) in [6.07, 6.45) is 7.85. The lowest BCUT2D eigenvalue weighted by molar-refractivity contribution is 0.414. The molecule has 1 aliphatic heterocycles. The van der Waals surface area contributed by atoms with E-state index in [1.165, 1.54) is 6.42 Å². The second-order valence-corrected chi connectivity index (χ2v) is 5.89. The van der Waals surface area contributed by atoms with Crippen molar-refractivity contribution < 1.29 is 4.74 Å². The second-order valence-electron chi connectivity index (χ2n) is 5.89. The van der Waals surface area contributed by atoms with Gasteiger partial charge in [0.25, 0.3) is 0 Å². The molecule has 1 unspecified atom stereocenters. The SMILES string of the molecule is CC.COc1ccn2c(-c3ccnc(NC4CCCNC4)n3)cnc2c1. The maximum atomic E-state index is 5.25. The molecule has 0 aromatic carbocycles. The molecule has 7 nitrogen and oxygen atoms in total. The number of nitrogens with one attached hydrogen (secondary N) is 2. The maximum absolute atomic E-state index is 5.25. The van der Waals surface area contributed by atoms with Gasteiger partial charge in [0.15, 0.2) is 0 Å². The summed E-state index contributed by atoms with van der Waals surface area (Å²) in [5.74, 6) is 1.44. The fourth-order valence-electron chi connectivity index (χ4n) is 3.01. The van der Waals surface area contributed by atoms with E-state index in [2.05, 4.69) is 25.6 Å². The maximum Gasteiger partial charge on any atom is 0.223 e. The van der Waals surface area contributed by atoms with Crippen molar-refractivity contribution in [3.05, 3.63) is 36.8 Å². The van der Waals surface area contributed by atoms with Gasteiger partial charge in [0.2, 0.25) is 5.95 Å². The fraction of sp³-hybridized carbons (Fsp3) is 0.421. The Hall–Kier alpha value is -2.67. The summed E-state index contributed by atoms with van der Waals surface area (Å²) in [7, 11) is 1.65. The third-order valence-corrected chi connectivity index (χ3v) is 4.27. The Morgan fingerprint density at radius 3 is 2.92 bits per heavy atom. The first kappa shape index (κ1) is 18.1. The number of anilines is 1. The number of ether oxygens (including phenoxy) is 1. The zero-order valence-corrected chi connectivity index (χ0v) is 15.6. The lowest BCUT2D eigenvalue weighted by Gasteiger charge is -2.23. The van der Waals surface area contributed by atoms with Crippen molar-refractivity contribution in [1.82, 2.24) is 24.7 Å². The third-order valence-electron chi connectivity index (χ3n) is 4.27. The average molecular weight is 354 g/mol. The molecule has 0 bridgehead atoms. The van der Waals surface area contributed by atoms with Crippen molar-refractivity contribution in [3.63, 3.8) is 0 Å². The van der Waals surface area contributed by atoms with Gasteiger partial charge in [-0.1, -0.05) is 13.8 Å². The number of fused-ring (bicyclic) bond motifs is 1. The molecule has 4 heterocycles. The molecule has 7 heteroatoms. The van der Waals surface area contributed by atoms with E-state index < -0.39 is 0 Å². The van der Waals surface area contributed by atoms with E-state index in [0.29, 0.717) is 12.0 Å². The summed E-state index contributed by atoms with van der Waals surface area (Å²) in [6.45, 7) is 6.04. The van der Waals surface area contributed by atoms with Gasteiger partial charge in [-0.15, -0.1) is 0 Å². The molecule has 0 amide bonds. The van der Waals surface area contributed by atoms with Crippen LogP contribution in [0.2, 0.25) is 0 Å². The summed E-state index contributed by atoms with van der Waals surface area (Å²) in [4.78, 5) is 13.5. The van der Waals surface area contributed by atoms with E-state index in [4.69, 9.17) is 4.74 Å². The Kier molecular flexibility index (Phi) is 6.01. The number of aromatic nitrogens is 4. The second kappa shape index (κ2) is 8.62. The van der Waals surface area contributed by atoms with Gasteiger partial charge in [0.05, 0.1) is 24.7 Å². The molecule has 0 spiro atoms. The normalized spacial score (nSPS) is 16.7. The summed E-state index contributed by atoms with van der Waals surface area (Å²) >= 11 is 0. The molecular weight excluding hydrogens is 328 g/mol. The van der Waals surface area contributed by atoms with Crippen molar-refractivity contribution in [3.8, 4) is 17.1 Å². The van der Waals surface area contributed by atoms with Crippen LogP contribution in [0.3, 0.4) is 0 Å². The summed E-state index contributed by atoms with van der Waals surface area (Å²) < 4.78 is 7.24. The molecule has 0 aliphatic carbocycles. The molecule has 1 fully saturated rings. The van der Waals surface area contributed by atoms with Gasteiger partial charge in [-0.25, -0.2) is 15.0 Å². The predicted octanol–water partition coefficient (Wildman–Crippen LogP) is 2.99. The fourth-order valence-corrected chi connectivity index (χ4v) is 3.01. The van der Waals surface area contributed by atoms with E-state index >= 15 is 0 Å². The van der Waals surface area contributed by atoms with Crippen molar-refractivity contribution in [2.45, 2.75) is 32.7 Å². The van der Waals surface area contributed by atoms with E-state index in [1.807, 2.05) is 48.8 Å². The highest BCUT2D eigenvalue weighted by molar-refractivity contribution is 5.61. The van der Waals surface area contributed by atoms with Gasteiger partial charge in [-0.3, -0.25) is 4.40 Å². The van der Waals surface area contributed by atoms with Gasteiger partial charge in [-0.05, 0) is 31.5 Å². The van der Waals surface area contributed by atoms with Crippen LogP contribution in [-0.2, 0) is 0 Å². The smallest absolute Gasteiger partial charge is 0.223 e. The van der Waals surface area contributed by atoms with Gasteiger partial charge < -0.3 is 15.4 Å². The number of pyridine rings is 1. The zero-order valence-electron chi connectivity index (χ0n) is 15.6. The number of nitrogens with zero attached hydrogens (tertiary/aromatic N) is 4. The van der Waals surface area contributed by atoms with Crippen LogP contribution < -0.4 is 15.4 Å². The zero-order chi connectivity index (χ0) is 18.4. The third kappa shape index (κ3) is 3.94. The van der Waals surface area contributed by atoms with Crippen LogP contribution in [0.1, 0.15) is 26.7 Å². The first-order valence-corrected chi connectivity index (χ1v) is 9.15. The van der Waals surface area contributed by atoms with E-state index in [1.54, 1.807) is 13.3 Å². The molecule has 3 aromatic rings. The number of hydrogen-bond donors (Lipinski definition) is 2. The molecule has 26 heavy (non-hydrogen) atoms. The highest BCUT2D eigenvalue weighted by Crippen LogP contribution is 2.22. The summed E-state index contributed by atoms with van der Waals surface area (Å²) in [5, 5.41) is 6.80. The molecule has 1 atom stereocenters. The van der Waals surface area contributed by atoms with Crippen LogP contribution in [0.25, 0.3) is 17.0 Å². The van der Waals surface area contributed by atoms with Gasteiger partial charge in [0, 0.05) is 31.0 Å². The summed E-state index contributed by atoms with van der Waals surface area (Å²) in [5.41, 5.74) is 2.60. The van der Waals surface area contributed by atoms with Crippen molar-refractivity contribution in [2.24, 2.45) is 0 Å². The van der Waals surface area contributed by atoms with E-state index in [-0.39, 0.29) is 0 Å². The van der Waals surface area contributed by atoms with Crippen molar-refractivity contribution >= 4 is 11.6 Å². The number of methoxy groups -OCH3 is 1. The van der Waals surface area contributed by atoms with Crippen LogP contribution in [0.5, 0.6) is 5.75 Å². The van der Waals surface area contributed by atoms with Gasteiger partial charge in [0.1, 0.15) is 11.4 Å². The van der Waals surface area contributed by atoms with Crippen LogP contribution in [-0.4, -0.2) is 45.6 Å². The average Bonchev–Trinajstić information content (AvgIpc) is 3.13. The van der Waals surface area contributed by atoms with Crippen molar-refractivity contribution in [2.75, 3.05) is 25.5 Å². The lowest BCUT2D eigenvalue weighted by Crippen LogP contribution is -2.38. The molecule has 3 aromatic heterocycles. The highest BCUT2D eigenvalue weighted by atomic mass is 16.5.